The van der Waals surface area contributed by atoms with Crippen LogP contribution in [0.1, 0.15) is 12.5 Å². The monoisotopic (exact) mass is 273 g/mol. The molecule has 0 aliphatic heterocycles. The van der Waals surface area contributed by atoms with Crippen molar-refractivity contribution >= 4 is 33.1 Å². The molecule has 14 heavy (non-hydrogen) atoms. The van der Waals surface area contributed by atoms with Gasteiger partial charge in [-0.1, -0.05) is 40.3 Å². The maximum Gasteiger partial charge on any atom is 0.105 e. The van der Waals surface area contributed by atoms with Crippen LogP contribution in [-0.2, 0) is 11.3 Å². The molecule has 1 rings (SSSR count). The molecule has 76 valence electrons. The van der Waals surface area contributed by atoms with Gasteiger partial charge in [-0.15, -0.1) is 0 Å². The molecule has 0 amide bonds. The third-order valence-corrected chi connectivity index (χ3v) is 2.61. The summed E-state index contributed by atoms with van der Waals surface area (Å²) < 4.78 is 6.50. The van der Waals surface area contributed by atoms with E-state index in [1.54, 1.807) is 0 Å². The molecule has 1 unspecified atom stereocenters. The number of benzene rings is 1. The first-order valence-electron chi connectivity index (χ1n) is 4.25. The summed E-state index contributed by atoms with van der Waals surface area (Å²) in [7, 11) is 0. The van der Waals surface area contributed by atoms with Gasteiger partial charge in [0.2, 0.25) is 0 Å². The summed E-state index contributed by atoms with van der Waals surface area (Å²) >= 11 is 8.19. The van der Waals surface area contributed by atoms with E-state index in [0.29, 0.717) is 11.6 Å². The Kier molecular flexibility index (Phi) is 4.51. The van der Waals surface area contributed by atoms with Crippen molar-refractivity contribution in [3.63, 3.8) is 0 Å². The van der Waals surface area contributed by atoms with Crippen molar-refractivity contribution in [3.05, 3.63) is 34.3 Å². The van der Waals surface area contributed by atoms with Gasteiger partial charge in [0.15, 0.2) is 0 Å². The van der Waals surface area contributed by atoms with Crippen LogP contribution in [0, 0.1) is 0 Å². The summed E-state index contributed by atoms with van der Waals surface area (Å²) in [6.45, 7) is 2.37. The maximum atomic E-state index is 5.46. The molecule has 2 N–H and O–H groups in total. The van der Waals surface area contributed by atoms with Gasteiger partial charge in [-0.25, -0.2) is 0 Å². The number of nitrogens with two attached hydrogens (primary N) is 1. The fourth-order valence-electron chi connectivity index (χ4n) is 0.930. The van der Waals surface area contributed by atoms with Crippen molar-refractivity contribution in [1.29, 1.82) is 0 Å². The maximum absolute atomic E-state index is 5.46. The number of thiocarbonyl (C=S) groups is 1. The fraction of sp³-hybridized carbons (Fsp3) is 0.300. The first-order chi connectivity index (χ1) is 6.59. The first-order valence-corrected chi connectivity index (χ1v) is 5.45. The van der Waals surface area contributed by atoms with Gasteiger partial charge in [-0.05, 0) is 24.6 Å². The van der Waals surface area contributed by atoms with E-state index in [0.717, 1.165) is 10.0 Å². The summed E-state index contributed by atoms with van der Waals surface area (Å²) in [6.07, 6.45) is -0.177. The van der Waals surface area contributed by atoms with Crippen molar-refractivity contribution in [2.24, 2.45) is 5.73 Å². The van der Waals surface area contributed by atoms with Gasteiger partial charge in [0.25, 0.3) is 0 Å². The highest BCUT2D eigenvalue weighted by atomic mass is 79.9. The Balaban J connectivity index is 2.49. The van der Waals surface area contributed by atoms with Gasteiger partial charge in [-0.2, -0.15) is 0 Å². The Morgan fingerprint density at radius 2 is 2.36 bits per heavy atom. The van der Waals surface area contributed by atoms with Crippen molar-refractivity contribution in [2.75, 3.05) is 0 Å². The normalized spacial score (nSPS) is 12.4. The molecule has 0 fully saturated rings. The highest BCUT2D eigenvalue weighted by Crippen LogP contribution is 2.12. The van der Waals surface area contributed by atoms with E-state index >= 15 is 0 Å². The lowest BCUT2D eigenvalue weighted by atomic mass is 10.2. The molecular weight excluding hydrogens is 262 g/mol. The summed E-state index contributed by atoms with van der Waals surface area (Å²) in [4.78, 5) is 0.389. The predicted octanol–water partition coefficient (Wildman–Crippen LogP) is 2.64. The predicted molar refractivity (Wildman–Crippen MR) is 65.2 cm³/mol. The van der Waals surface area contributed by atoms with E-state index < -0.39 is 0 Å². The summed E-state index contributed by atoms with van der Waals surface area (Å²) in [5.41, 5.74) is 6.53. The second-order valence-electron chi connectivity index (χ2n) is 2.99. The molecule has 0 radical (unpaired) electrons. The van der Waals surface area contributed by atoms with Crippen LogP contribution in [0.25, 0.3) is 0 Å². The number of hydrogen-bond acceptors (Lipinski definition) is 2. The molecule has 1 aromatic carbocycles. The van der Waals surface area contributed by atoms with Gasteiger partial charge < -0.3 is 10.5 Å². The molecule has 0 saturated carbocycles. The zero-order chi connectivity index (χ0) is 10.6. The molecule has 1 atom stereocenters. The summed E-state index contributed by atoms with van der Waals surface area (Å²) in [5.74, 6) is 0. The molecule has 0 aliphatic rings. The molecule has 0 heterocycles. The van der Waals surface area contributed by atoms with E-state index in [4.69, 9.17) is 22.7 Å². The molecule has 0 saturated heterocycles. The number of rotatable bonds is 4. The second-order valence-corrected chi connectivity index (χ2v) is 4.37. The molecular formula is C10H12BrNOS. The lowest BCUT2D eigenvalue weighted by molar-refractivity contribution is 0.0968. The van der Waals surface area contributed by atoms with Gasteiger partial charge in [0.05, 0.1) is 6.61 Å². The molecule has 2 nitrogen and oxygen atoms in total. The zero-order valence-corrected chi connectivity index (χ0v) is 10.3. The highest BCUT2D eigenvalue weighted by molar-refractivity contribution is 9.10. The Morgan fingerprint density at radius 3 is 2.93 bits per heavy atom. The lowest BCUT2D eigenvalue weighted by Crippen LogP contribution is -2.26. The number of halogens is 1. The van der Waals surface area contributed by atoms with Gasteiger partial charge in [-0.3, -0.25) is 0 Å². The van der Waals surface area contributed by atoms with E-state index in [9.17, 15) is 0 Å². The Labute approximate surface area is 97.6 Å². The van der Waals surface area contributed by atoms with Crippen LogP contribution in [0.2, 0.25) is 0 Å². The van der Waals surface area contributed by atoms with Crippen LogP contribution in [0.3, 0.4) is 0 Å². The van der Waals surface area contributed by atoms with E-state index in [2.05, 4.69) is 15.9 Å². The highest BCUT2D eigenvalue weighted by Gasteiger charge is 2.04. The van der Waals surface area contributed by atoms with E-state index in [1.165, 1.54) is 0 Å². The van der Waals surface area contributed by atoms with Crippen molar-refractivity contribution in [1.82, 2.24) is 0 Å². The quantitative estimate of drug-likeness (QED) is 0.857. The first kappa shape index (κ1) is 11.6. The largest absolute Gasteiger partial charge is 0.391 e. The standard InChI is InChI=1S/C10H12BrNOS/c1-7(10(12)14)13-6-8-3-2-4-9(11)5-8/h2-5,7H,6H2,1H3,(H2,12,14). The van der Waals surface area contributed by atoms with E-state index in [1.807, 2.05) is 31.2 Å². The molecule has 0 bridgehead atoms. The van der Waals surface area contributed by atoms with Crippen LogP contribution in [0.4, 0.5) is 0 Å². The van der Waals surface area contributed by atoms with Crippen molar-refractivity contribution < 1.29 is 4.74 Å². The van der Waals surface area contributed by atoms with Crippen LogP contribution < -0.4 is 5.73 Å². The van der Waals surface area contributed by atoms with Gasteiger partial charge in [0, 0.05) is 4.47 Å². The van der Waals surface area contributed by atoms with Crippen molar-refractivity contribution in [3.8, 4) is 0 Å². The SMILES string of the molecule is CC(OCc1cccc(Br)c1)C(N)=S. The van der Waals surface area contributed by atoms with Crippen LogP contribution in [-0.4, -0.2) is 11.1 Å². The van der Waals surface area contributed by atoms with Crippen molar-refractivity contribution in [2.45, 2.75) is 19.6 Å². The zero-order valence-electron chi connectivity index (χ0n) is 7.87. The summed E-state index contributed by atoms with van der Waals surface area (Å²) in [5, 5.41) is 0. The molecule has 0 aliphatic carbocycles. The Morgan fingerprint density at radius 1 is 1.64 bits per heavy atom. The molecule has 4 heteroatoms. The smallest absolute Gasteiger partial charge is 0.105 e. The van der Waals surface area contributed by atoms with Gasteiger partial charge >= 0.3 is 0 Å². The number of ether oxygens (including phenoxy) is 1. The fourth-order valence-corrected chi connectivity index (χ4v) is 1.44. The Bertz CT molecular complexity index is 330. The van der Waals surface area contributed by atoms with Crippen LogP contribution in [0.5, 0.6) is 0 Å². The minimum atomic E-state index is -0.177. The minimum Gasteiger partial charge on any atom is -0.391 e. The topological polar surface area (TPSA) is 35.2 Å². The second kappa shape index (κ2) is 5.44. The third-order valence-electron chi connectivity index (χ3n) is 1.79. The van der Waals surface area contributed by atoms with E-state index in [-0.39, 0.29) is 6.10 Å². The van der Waals surface area contributed by atoms with Crippen LogP contribution in [0.15, 0.2) is 28.7 Å². The molecule has 0 spiro atoms. The number of hydrogen-bond donors (Lipinski definition) is 1. The lowest BCUT2D eigenvalue weighted by Gasteiger charge is -2.11. The molecule has 1 aromatic rings. The molecule has 0 aromatic heterocycles. The third kappa shape index (κ3) is 3.74. The Hall–Kier alpha value is -0.450. The van der Waals surface area contributed by atoms with Crippen LogP contribution >= 0.6 is 28.1 Å². The van der Waals surface area contributed by atoms with Gasteiger partial charge in [0.1, 0.15) is 11.1 Å². The summed E-state index contributed by atoms with van der Waals surface area (Å²) in [6, 6.07) is 7.94. The average Bonchev–Trinajstić information content (AvgIpc) is 2.14. The average molecular weight is 274 g/mol. The minimum absolute atomic E-state index is 0.177.